The molecular weight excluding hydrogens is 448 g/mol. The number of para-hydroxylation sites is 2. The van der Waals surface area contributed by atoms with Gasteiger partial charge < -0.3 is 31.2 Å². The van der Waals surface area contributed by atoms with E-state index < -0.39 is 12.1 Å². The van der Waals surface area contributed by atoms with Crippen LogP contribution < -0.4 is 26.4 Å². The molecule has 33 heavy (non-hydrogen) atoms. The molecule has 9 nitrogen and oxygen atoms in total. The third-order valence-electron chi connectivity index (χ3n) is 4.59. The van der Waals surface area contributed by atoms with Gasteiger partial charge >= 0.3 is 6.09 Å². The standard InChI is InChI=1S/C23H30N4O5.ClH/c1-3-32-17-10-8-9-16(15-17)25-22(29)20(27-23(30)31-2)13-6-7-14-21(28)26-19-12-5-4-11-18(19)24;/h4-5,8-12,15,20H,3,6-7,13-14,24H2,1-2H3,(H,25,29)(H,26,28)(H,27,30);1H. The average molecular weight is 479 g/mol. The summed E-state index contributed by atoms with van der Waals surface area (Å²) in [5.74, 6) is 0.0796. The van der Waals surface area contributed by atoms with Gasteiger partial charge in [0, 0.05) is 18.2 Å². The average Bonchev–Trinajstić information content (AvgIpc) is 2.77. The summed E-state index contributed by atoms with van der Waals surface area (Å²) in [6, 6.07) is 13.2. The number of nitrogens with one attached hydrogen (secondary N) is 3. The molecule has 0 aliphatic carbocycles. The lowest BCUT2D eigenvalue weighted by Gasteiger charge is -2.18. The van der Waals surface area contributed by atoms with Crippen molar-refractivity contribution in [1.29, 1.82) is 0 Å². The molecule has 0 aliphatic rings. The first-order valence-corrected chi connectivity index (χ1v) is 10.5. The first-order chi connectivity index (χ1) is 15.4. The van der Waals surface area contributed by atoms with E-state index in [-0.39, 0.29) is 30.6 Å². The molecule has 10 heteroatoms. The normalized spacial score (nSPS) is 10.8. The molecule has 2 aromatic rings. The number of hydrogen-bond acceptors (Lipinski definition) is 6. The van der Waals surface area contributed by atoms with Crippen molar-refractivity contribution in [3.8, 4) is 5.75 Å². The second-order valence-electron chi connectivity index (χ2n) is 7.02. The zero-order valence-corrected chi connectivity index (χ0v) is 19.6. The van der Waals surface area contributed by atoms with Crippen LogP contribution in [0.5, 0.6) is 5.75 Å². The number of amides is 3. The van der Waals surface area contributed by atoms with Crippen LogP contribution >= 0.6 is 12.4 Å². The molecule has 0 heterocycles. The quantitative estimate of drug-likeness (QED) is 0.285. The number of alkyl carbamates (subject to hydrolysis) is 1. The number of carbonyl (C=O) groups is 3. The Morgan fingerprint density at radius 3 is 2.48 bits per heavy atom. The molecule has 180 valence electrons. The van der Waals surface area contributed by atoms with Crippen LogP contribution in [-0.2, 0) is 14.3 Å². The minimum atomic E-state index is -0.814. The molecule has 0 saturated carbocycles. The number of methoxy groups -OCH3 is 1. The Hall–Kier alpha value is -3.46. The van der Waals surface area contributed by atoms with E-state index in [2.05, 4.69) is 20.7 Å². The minimum absolute atomic E-state index is 0. The lowest BCUT2D eigenvalue weighted by molar-refractivity contribution is -0.118. The van der Waals surface area contributed by atoms with Crippen molar-refractivity contribution in [3.63, 3.8) is 0 Å². The van der Waals surface area contributed by atoms with Gasteiger partial charge in [-0.15, -0.1) is 12.4 Å². The molecular formula is C23H31ClN4O5. The summed E-state index contributed by atoms with van der Waals surface area (Å²) in [4.78, 5) is 36.6. The molecule has 0 bridgehead atoms. The number of ether oxygens (including phenoxy) is 2. The maximum absolute atomic E-state index is 12.7. The highest BCUT2D eigenvalue weighted by Crippen LogP contribution is 2.19. The molecule has 0 fully saturated rings. The van der Waals surface area contributed by atoms with Gasteiger partial charge in [0.25, 0.3) is 0 Å². The van der Waals surface area contributed by atoms with Gasteiger partial charge in [0.2, 0.25) is 11.8 Å². The Bertz CT molecular complexity index is 925. The van der Waals surface area contributed by atoms with Crippen molar-refractivity contribution in [2.24, 2.45) is 0 Å². The Labute approximate surface area is 199 Å². The van der Waals surface area contributed by atoms with E-state index >= 15 is 0 Å². The van der Waals surface area contributed by atoms with Gasteiger partial charge in [0.1, 0.15) is 11.8 Å². The Morgan fingerprint density at radius 2 is 1.79 bits per heavy atom. The lowest BCUT2D eigenvalue weighted by Crippen LogP contribution is -2.43. The van der Waals surface area contributed by atoms with Crippen LogP contribution in [-0.4, -0.2) is 37.7 Å². The van der Waals surface area contributed by atoms with E-state index in [0.29, 0.717) is 48.7 Å². The fourth-order valence-corrected chi connectivity index (χ4v) is 2.99. The summed E-state index contributed by atoms with van der Waals surface area (Å²) in [6.07, 6.45) is 0.971. The van der Waals surface area contributed by atoms with Crippen LogP contribution in [0.4, 0.5) is 21.9 Å². The summed E-state index contributed by atoms with van der Waals surface area (Å²) >= 11 is 0. The SMILES string of the molecule is CCOc1cccc(NC(=O)C(CCCCC(=O)Nc2ccccc2N)NC(=O)OC)c1.Cl. The molecule has 2 aromatic carbocycles. The maximum Gasteiger partial charge on any atom is 0.407 e. The summed E-state index contributed by atoms with van der Waals surface area (Å²) in [7, 11) is 1.23. The monoisotopic (exact) mass is 478 g/mol. The number of nitrogen functional groups attached to an aromatic ring is 1. The number of hydrogen-bond donors (Lipinski definition) is 4. The van der Waals surface area contributed by atoms with Crippen molar-refractivity contribution >= 4 is 47.4 Å². The van der Waals surface area contributed by atoms with Crippen molar-refractivity contribution in [1.82, 2.24) is 5.32 Å². The number of benzene rings is 2. The fraction of sp³-hybridized carbons (Fsp3) is 0.348. The maximum atomic E-state index is 12.7. The first-order valence-electron chi connectivity index (χ1n) is 10.5. The van der Waals surface area contributed by atoms with Crippen molar-refractivity contribution in [2.45, 2.75) is 38.6 Å². The van der Waals surface area contributed by atoms with Gasteiger partial charge in [-0.1, -0.05) is 24.6 Å². The molecule has 1 atom stereocenters. The molecule has 0 aromatic heterocycles. The molecule has 2 rings (SSSR count). The van der Waals surface area contributed by atoms with Crippen molar-refractivity contribution < 1.29 is 23.9 Å². The highest BCUT2D eigenvalue weighted by molar-refractivity contribution is 5.96. The molecule has 0 radical (unpaired) electrons. The van der Waals surface area contributed by atoms with E-state index in [0.717, 1.165) is 0 Å². The Morgan fingerprint density at radius 1 is 1.03 bits per heavy atom. The van der Waals surface area contributed by atoms with Gasteiger partial charge in [-0.2, -0.15) is 0 Å². The van der Waals surface area contributed by atoms with E-state index in [4.69, 9.17) is 10.5 Å². The van der Waals surface area contributed by atoms with Crippen LogP contribution in [0.2, 0.25) is 0 Å². The molecule has 1 unspecified atom stereocenters. The van der Waals surface area contributed by atoms with Crippen LogP contribution in [0.1, 0.15) is 32.6 Å². The zero-order chi connectivity index (χ0) is 23.3. The predicted octanol–water partition coefficient (Wildman–Crippen LogP) is 3.95. The van der Waals surface area contributed by atoms with Crippen LogP contribution in [0, 0.1) is 0 Å². The van der Waals surface area contributed by atoms with E-state index in [1.807, 2.05) is 6.92 Å². The summed E-state index contributed by atoms with van der Waals surface area (Å²) in [5, 5.41) is 8.08. The van der Waals surface area contributed by atoms with Gasteiger partial charge in [0.05, 0.1) is 25.1 Å². The molecule has 3 amide bonds. The summed E-state index contributed by atoms with van der Waals surface area (Å²) in [5.41, 5.74) is 7.44. The van der Waals surface area contributed by atoms with E-state index in [1.54, 1.807) is 48.5 Å². The van der Waals surface area contributed by atoms with E-state index in [9.17, 15) is 14.4 Å². The van der Waals surface area contributed by atoms with E-state index in [1.165, 1.54) is 7.11 Å². The first kappa shape index (κ1) is 27.6. The van der Waals surface area contributed by atoms with Crippen molar-refractivity contribution in [3.05, 3.63) is 48.5 Å². The molecule has 0 saturated heterocycles. The van der Waals surface area contributed by atoms with Gasteiger partial charge in [0.15, 0.2) is 0 Å². The van der Waals surface area contributed by atoms with Gasteiger partial charge in [-0.25, -0.2) is 4.79 Å². The lowest BCUT2D eigenvalue weighted by atomic mass is 10.1. The second-order valence-corrected chi connectivity index (χ2v) is 7.02. The zero-order valence-electron chi connectivity index (χ0n) is 18.8. The molecule has 0 aliphatic heterocycles. The number of nitrogens with two attached hydrogens (primary N) is 1. The van der Waals surface area contributed by atoms with Gasteiger partial charge in [-0.05, 0) is 44.0 Å². The topological polar surface area (TPSA) is 132 Å². The molecule has 5 N–H and O–H groups in total. The van der Waals surface area contributed by atoms with Crippen LogP contribution in [0.15, 0.2) is 48.5 Å². The van der Waals surface area contributed by atoms with Crippen LogP contribution in [0.25, 0.3) is 0 Å². The smallest absolute Gasteiger partial charge is 0.407 e. The summed E-state index contributed by atoms with van der Waals surface area (Å²) in [6.45, 7) is 2.38. The second kappa shape index (κ2) is 14.6. The number of anilines is 3. The number of halogens is 1. The predicted molar refractivity (Wildman–Crippen MR) is 131 cm³/mol. The number of carbonyl (C=O) groups excluding carboxylic acids is 3. The third-order valence-corrected chi connectivity index (χ3v) is 4.59. The Balaban J connectivity index is 0.00000544. The summed E-state index contributed by atoms with van der Waals surface area (Å²) < 4.78 is 10.1. The minimum Gasteiger partial charge on any atom is -0.494 e. The fourth-order valence-electron chi connectivity index (χ4n) is 2.99. The highest BCUT2D eigenvalue weighted by Gasteiger charge is 2.21. The van der Waals surface area contributed by atoms with Crippen LogP contribution in [0.3, 0.4) is 0 Å². The molecule has 0 spiro atoms. The Kier molecular flexibility index (Phi) is 12.2. The van der Waals surface area contributed by atoms with Gasteiger partial charge in [-0.3, -0.25) is 9.59 Å². The third kappa shape index (κ3) is 9.69. The highest BCUT2D eigenvalue weighted by atomic mass is 35.5. The number of unbranched alkanes of at least 4 members (excludes halogenated alkanes) is 1. The van der Waals surface area contributed by atoms with Crippen molar-refractivity contribution in [2.75, 3.05) is 30.1 Å². The largest absolute Gasteiger partial charge is 0.494 e. The number of rotatable bonds is 11.